The Bertz CT molecular complexity index is 445. The van der Waals surface area contributed by atoms with Crippen LogP contribution in [0.1, 0.15) is 13.3 Å². The minimum atomic E-state index is -0.441. The lowest BCUT2D eigenvalue weighted by molar-refractivity contribution is -0.383. The van der Waals surface area contributed by atoms with Crippen LogP contribution in [0.4, 0.5) is 17.1 Å². The summed E-state index contributed by atoms with van der Waals surface area (Å²) in [6, 6.07) is 4.96. The van der Waals surface area contributed by atoms with Gasteiger partial charge in [-0.3, -0.25) is 10.1 Å². The standard InChI is InChI=1S/C13H21N3O4.ClH/c1-2-15(7-3-8-17)11-4-5-12(14-6-9-18)13(10-11)16(19)20;/h4-5,10,14,17-18H,2-3,6-9H2,1H3;1H. The Morgan fingerprint density at radius 1 is 1.33 bits per heavy atom. The number of aliphatic hydroxyl groups is 2. The highest BCUT2D eigenvalue weighted by Crippen LogP contribution is 2.29. The Morgan fingerprint density at radius 3 is 2.57 bits per heavy atom. The van der Waals surface area contributed by atoms with Crippen LogP contribution in [-0.2, 0) is 0 Å². The molecule has 1 aromatic carbocycles. The predicted octanol–water partition coefficient (Wildman–Crippen LogP) is 1.63. The molecule has 0 saturated carbocycles. The number of aliphatic hydroxyl groups excluding tert-OH is 2. The van der Waals surface area contributed by atoms with E-state index in [-0.39, 0.29) is 37.9 Å². The smallest absolute Gasteiger partial charge is 0.294 e. The molecule has 0 heterocycles. The number of nitro benzene ring substituents is 1. The summed E-state index contributed by atoms with van der Waals surface area (Å²) < 4.78 is 0. The number of halogens is 1. The molecule has 21 heavy (non-hydrogen) atoms. The first-order chi connectivity index (χ1) is 9.63. The number of hydrogen-bond donors (Lipinski definition) is 3. The predicted molar refractivity (Wildman–Crippen MR) is 85.5 cm³/mol. The fourth-order valence-electron chi connectivity index (χ4n) is 1.94. The van der Waals surface area contributed by atoms with Gasteiger partial charge in [-0.05, 0) is 25.5 Å². The van der Waals surface area contributed by atoms with Crippen molar-refractivity contribution in [1.29, 1.82) is 0 Å². The summed E-state index contributed by atoms with van der Waals surface area (Å²) in [5.74, 6) is 0. The molecule has 8 heteroatoms. The van der Waals surface area contributed by atoms with Crippen molar-refractivity contribution in [3.8, 4) is 0 Å². The minimum Gasteiger partial charge on any atom is -0.396 e. The zero-order valence-electron chi connectivity index (χ0n) is 12.0. The van der Waals surface area contributed by atoms with Gasteiger partial charge in [0.15, 0.2) is 0 Å². The number of nitrogens with one attached hydrogen (secondary N) is 1. The van der Waals surface area contributed by atoms with Crippen molar-refractivity contribution in [1.82, 2.24) is 0 Å². The fraction of sp³-hybridized carbons (Fsp3) is 0.538. The molecule has 0 aromatic heterocycles. The van der Waals surface area contributed by atoms with E-state index >= 15 is 0 Å². The summed E-state index contributed by atoms with van der Waals surface area (Å²) in [4.78, 5) is 12.6. The van der Waals surface area contributed by atoms with Gasteiger partial charge in [0.25, 0.3) is 5.69 Å². The highest BCUT2D eigenvalue weighted by atomic mass is 35.5. The molecule has 7 nitrogen and oxygen atoms in total. The van der Waals surface area contributed by atoms with Crippen molar-refractivity contribution >= 4 is 29.5 Å². The van der Waals surface area contributed by atoms with Crippen molar-refractivity contribution in [3.05, 3.63) is 28.3 Å². The molecule has 1 rings (SSSR count). The number of nitrogens with zero attached hydrogens (tertiary/aromatic N) is 2. The van der Waals surface area contributed by atoms with E-state index in [1.807, 2.05) is 11.8 Å². The van der Waals surface area contributed by atoms with E-state index in [9.17, 15) is 10.1 Å². The van der Waals surface area contributed by atoms with Crippen molar-refractivity contribution in [3.63, 3.8) is 0 Å². The number of benzene rings is 1. The maximum absolute atomic E-state index is 11.1. The van der Waals surface area contributed by atoms with Crippen LogP contribution in [0.3, 0.4) is 0 Å². The molecular formula is C13H22ClN3O4. The third-order valence-corrected chi connectivity index (χ3v) is 2.94. The fourth-order valence-corrected chi connectivity index (χ4v) is 1.94. The van der Waals surface area contributed by atoms with Gasteiger partial charge in [0.1, 0.15) is 5.69 Å². The van der Waals surface area contributed by atoms with Gasteiger partial charge in [-0.2, -0.15) is 0 Å². The van der Waals surface area contributed by atoms with Crippen LogP contribution in [-0.4, -0.2) is 48.0 Å². The second kappa shape index (κ2) is 10.2. The average Bonchev–Trinajstić information content (AvgIpc) is 2.46. The summed E-state index contributed by atoms with van der Waals surface area (Å²) in [5, 5.41) is 31.6. The van der Waals surface area contributed by atoms with E-state index < -0.39 is 4.92 Å². The third kappa shape index (κ3) is 5.74. The van der Waals surface area contributed by atoms with Gasteiger partial charge in [0.2, 0.25) is 0 Å². The van der Waals surface area contributed by atoms with E-state index in [4.69, 9.17) is 10.2 Å². The summed E-state index contributed by atoms with van der Waals surface area (Å²) >= 11 is 0. The Hall–Kier alpha value is -1.57. The molecule has 3 N–H and O–H groups in total. The first-order valence-corrected chi connectivity index (χ1v) is 6.63. The second-order valence-corrected chi connectivity index (χ2v) is 4.27. The van der Waals surface area contributed by atoms with Gasteiger partial charge in [-0.15, -0.1) is 12.4 Å². The van der Waals surface area contributed by atoms with Gasteiger partial charge in [0, 0.05) is 38.0 Å². The summed E-state index contributed by atoms with van der Waals surface area (Å²) in [7, 11) is 0. The lowest BCUT2D eigenvalue weighted by atomic mass is 10.2. The van der Waals surface area contributed by atoms with Crippen LogP contribution in [0, 0.1) is 10.1 Å². The van der Waals surface area contributed by atoms with Gasteiger partial charge in [0.05, 0.1) is 11.5 Å². The topological polar surface area (TPSA) is 98.9 Å². The summed E-state index contributed by atoms with van der Waals surface area (Å²) in [6.45, 7) is 3.59. The number of nitro groups is 1. The Labute approximate surface area is 130 Å². The van der Waals surface area contributed by atoms with Crippen LogP contribution in [0.15, 0.2) is 18.2 Å². The zero-order valence-corrected chi connectivity index (χ0v) is 12.8. The number of hydrogen-bond acceptors (Lipinski definition) is 6. The number of anilines is 2. The molecule has 120 valence electrons. The van der Waals surface area contributed by atoms with Crippen molar-refractivity contribution in [2.75, 3.05) is 43.1 Å². The van der Waals surface area contributed by atoms with Gasteiger partial charge in [-0.25, -0.2) is 0 Å². The SMILES string of the molecule is CCN(CCCO)c1ccc(NCCO)c([N+](=O)[O-])c1.Cl. The second-order valence-electron chi connectivity index (χ2n) is 4.27. The van der Waals surface area contributed by atoms with Crippen LogP contribution in [0.5, 0.6) is 0 Å². The molecular weight excluding hydrogens is 298 g/mol. The van der Waals surface area contributed by atoms with Crippen LogP contribution < -0.4 is 10.2 Å². The molecule has 0 amide bonds. The van der Waals surface area contributed by atoms with Crippen LogP contribution >= 0.6 is 12.4 Å². The Balaban J connectivity index is 0.00000400. The van der Waals surface area contributed by atoms with Crippen LogP contribution in [0.2, 0.25) is 0 Å². The summed E-state index contributed by atoms with van der Waals surface area (Å²) in [5.41, 5.74) is 1.13. The third-order valence-electron chi connectivity index (χ3n) is 2.94. The molecule has 0 atom stereocenters. The Kier molecular flexibility index (Phi) is 9.44. The largest absolute Gasteiger partial charge is 0.396 e. The average molecular weight is 320 g/mol. The quantitative estimate of drug-likeness (QED) is 0.472. The molecule has 0 radical (unpaired) electrons. The first-order valence-electron chi connectivity index (χ1n) is 6.63. The van der Waals surface area contributed by atoms with Crippen molar-refractivity contribution < 1.29 is 15.1 Å². The maximum Gasteiger partial charge on any atom is 0.294 e. The van der Waals surface area contributed by atoms with Crippen molar-refractivity contribution in [2.24, 2.45) is 0 Å². The molecule has 0 bridgehead atoms. The van der Waals surface area contributed by atoms with Crippen LogP contribution in [0.25, 0.3) is 0 Å². The molecule has 0 fully saturated rings. The van der Waals surface area contributed by atoms with E-state index in [0.29, 0.717) is 25.2 Å². The molecule has 0 spiro atoms. The lowest BCUT2D eigenvalue weighted by Gasteiger charge is -2.23. The normalized spacial score (nSPS) is 9.86. The molecule has 0 saturated heterocycles. The van der Waals surface area contributed by atoms with Gasteiger partial charge in [-0.1, -0.05) is 0 Å². The molecule has 1 aromatic rings. The summed E-state index contributed by atoms with van der Waals surface area (Å²) in [6.07, 6.45) is 0.617. The van der Waals surface area contributed by atoms with E-state index in [0.717, 1.165) is 5.69 Å². The highest BCUT2D eigenvalue weighted by Gasteiger charge is 2.16. The minimum absolute atomic E-state index is 0. The maximum atomic E-state index is 11.1. The molecule has 0 aliphatic carbocycles. The Morgan fingerprint density at radius 2 is 2.05 bits per heavy atom. The van der Waals surface area contributed by atoms with E-state index in [1.165, 1.54) is 6.07 Å². The van der Waals surface area contributed by atoms with E-state index in [2.05, 4.69) is 5.32 Å². The van der Waals surface area contributed by atoms with E-state index in [1.54, 1.807) is 12.1 Å². The molecule has 0 aliphatic heterocycles. The molecule has 0 aliphatic rings. The zero-order chi connectivity index (χ0) is 15.0. The lowest BCUT2D eigenvalue weighted by Crippen LogP contribution is -2.24. The van der Waals surface area contributed by atoms with Gasteiger partial charge < -0.3 is 20.4 Å². The highest BCUT2D eigenvalue weighted by molar-refractivity contribution is 5.85. The first kappa shape index (κ1) is 19.4. The number of rotatable bonds is 9. The monoisotopic (exact) mass is 319 g/mol. The van der Waals surface area contributed by atoms with Crippen molar-refractivity contribution in [2.45, 2.75) is 13.3 Å². The van der Waals surface area contributed by atoms with Gasteiger partial charge >= 0.3 is 0 Å². The molecule has 0 unspecified atom stereocenters.